The molecule has 7 nitrogen and oxygen atoms in total. The molecule has 186 valence electrons. The largest absolute Gasteiger partial charge is 0.416 e. The predicted octanol–water partition coefficient (Wildman–Crippen LogP) is 5.79. The van der Waals surface area contributed by atoms with E-state index in [0.29, 0.717) is 11.4 Å². The van der Waals surface area contributed by atoms with Crippen LogP contribution in [0.15, 0.2) is 67.6 Å². The molecule has 0 saturated carbocycles. The zero-order valence-corrected chi connectivity index (χ0v) is 18.7. The van der Waals surface area contributed by atoms with Gasteiger partial charge >= 0.3 is 6.18 Å². The molecule has 0 aliphatic heterocycles. The average Bonchev–Trinajstić information content (AvgIpc) is 3.28. The summed E-state index contributed by atoms with van der Waals surface area (Å²) < 4.78 is 69.0. The summed E-state index contributed by atoms with van der Waals surface area (Å²) in [4.78, 5) is 24.6. The summed E-state index contributed by atoms with van der Waals surface area (Å²) in [6, 6.07) is 6.67. The van der Waals surface area contributed by atoms with Gasteiger partial charge < -0.3 is 15.2 Å². The van der Waals surface area contributed by atoms with Gasteiger partial charge in [0.15, 0.2) is 0 Å². The van der Waals surface area contributed by atoms with E-state index in [1.807, 2.05) is 0 Å². The summed E-state index contributed by atoms with van der Waals surface area (Å²) in [6.07, 6.45) is -0.331. The maximum atomic E-state index is 13.5. The van der Waals surface area contributed by atoms with Gasteiger partial charge in [-0.2, -0.15) is 13.2 Å². The second kappa shape index (κ2) is 10.1. The van der Waals surface area contributed by atoms with Crippen molar-refractivity contribution in [2.45, 2.75) is 26.1 Å². The number of nitrogens with one attached hydrogen (secondary N) is 2. The minimum absolute atomic E-state index is 0.00190. The van der Waals surface area contributed by atoms with Crippen molar-refractivity contribution in [2.24, 2.45) is 0 Å². The number of aryl methyl sites for hydroxylation is 1. The number of hydrogen-bond donors (Lipinski definition) is 2. The molecule has 36 heavy (non-hydrogen) atoms. The van der Waals surface area contributed by atoms with Gasteiger partial charge in [-0.05, 0) is 42.8 Å². The van der Waals surface area contributed by atoms with Crippen LogP contribution in [0.25, 0.3) is 5.69 Å². The lowest BCUT2D eigenvalue weighted by Crippen LogP contribution is -2.15. The second-order valence-electron chi connectivity index (χ2n) is 7.84. The van der Waals surface area contributed by atoms with Crippen LogP contribution in [-0.4, -0.2) is 25.4 Å². The Bertz CT molecular complexity index is 1370. The van der Waals surface area contributed by atoms with Gasteiger partial charge in [-0.15, -0.1) is 0 Å². The minimum atomic E-state index is -4.66. The van der Waals surface area contributed by atoms with Crippen LogP contribution in [0, 0.1) is 6.92 Å². The molecule has 0 fully saturated rings. The smallest absolute Gasteiger partial charge is 0.378 e. The lowest BCUT2D eigenvalue weighted by Gasteiger charge is -2.15. The fraction of sp³-hybridized carbons (Fsp3) is 0.167. The Labute approximate surface area is 202 Å². The van der Waals surface area contributed by atoms with Crippen LogP contribution in [-0.2, 0) is 12.7 Å². The second-order valence-corrected chi connectivity index (χ2v) is 7.84. The van der Waals surface area contributed by atoms with Crippen molar-refractivity contribution in [3.63, 3.8) is 0 Å². The molecular weight excluding hydrogens is 483 g/mol. The van der Waals surface area contributed by atoms with Crippen molar-refractivity contribution in [3.8, 4) is 5.69 Å². The summed E-state index contributed by atoms with van der Waals surface area (Å²) in [5.74, 6) is -0.757. The lowest BCUT2D eigenvalue weighted by molar-refractivity contribution is -0.137. The van der Waals surface area contributed by atoms with Crippen molar-refractivity contribution in [2.75, 3.05) is 10.6 Å². The Morgan fingerprint density at radius 2 is 1.81 bits per heavy atom. The van der Waals surface area contributed by atoms with Gasteiger partial charge in [0, 0.05) is 35.2 Å². The molecule has 0 bridgehead atoms. The molecule has 0 unspecified atom stereocenters. The van der Waals surface area contributed by atoms with E-state index in [4.69, 9.17) is 0 Å². The van der Waals surface area contributed by atoms with E-state index >= 15 is 0 Å². The quantitative estimate of drug-likeness (QED) is 0.313. The number of hydrogen-bond acceptors (Lipinski definition) is 5. The molecule has 2 heterocycles. The Balaban J connectivity index is 1.62. The molecule has 1 amide bonds. The third-order valence-corrected chi connectivity index (χ3v) is 5.20. The normalized spacial score (nSPS) is 11.5. The molecule has 4 rings (SSSR count). The maximum absolute atomic E-state index is 13.5. The molecular formula is C24H19F5N6O. The first kappa shape index (κ1) is 24.8. The highest BCUT2D eigenvalue weighted by atomic mass is 19.4. The van der Waals surface area contributed by atoms with Gasteiger partial charge in [0.1, 0.15) is 6.33 Å². The van der Waals surface area contributed by atoms with Crippen LogP contribution < -0.4 is 10.6 Å². The van der Waals surface area contributed by atoms with Gasteiger partial charge in [-0.1, -0.05) is 6.07 Å². The topological polar surface area (TPSA) is 84.7 Å². The van der Waals surface area contributed by atoms with Crippen molar-refractivity contribution in [1.82, 2.24) is 19.5 Å². The highest BCUT2D eigenvalue weighted by Gasteiger charge is 2.31. The summed E-state index contributed by atoms with van der Waals surface area (Å²) >= 11 is 0. The molecule has 0 aliphatic carbocycles. The summed E-state index contributed by atoms with van der Waals surface area (Å²) in [7, 11) is 0. The van der Waals surface area contributed by atoms with Crippen LogP contribution in [0.4, 0.5) is 33.3 Å². The fourth-order valence-corrected chi connectivity index (χ4v) is 3.46. The van der Waals surface area contributed by atoms with Crippen LogP contribution in [0.2, 0.25) is 0 Å². The first-order chi connectivity index (χ1) is 17.1. The van der Waals surface area contributed by atoms with Crippen LogP contribution in [0.1, 0.15) is 39.2 Å². The average molecular weight is 502 g/mol. The van der Waals surface area contributed by atoms with E-state index in [1.54, 1.807) is 13.1 Å². The Morgan fingerprint density at radius 1 is 1.06 bits per heavy atom. The van der Waals surface area contributed by atoms with E-state index in [0.717, 1.165) is 18.2 Å². The summed E-state index contributed by atoms with van der Waals surface area (Å²) in [5.41, 5.74) is -0.00596. The first-order valence-corrected chi connectivity index (χ1v) is 10.5. The Hall–Kier alpha value is -4.35. The SMILES string of the molecule is Cc1cn(-c2cc(NC(=O)c3ccc(C(F)F)c(CNc4cncnc4)c3)cc(C(F)(F)F)c2)cn1. The highest BCUT2D eigenvalue weighted by Crippen LogP contribution is 2.33. The summed E-state index contributed by atoms with van der Waals surface area (Å²) in [6.45, 7) is 1.63. The fourth-order valence-electron chi connectivity index (χ4n) is 3.46. The van der Waals surface area contributed by atoms with Gasteiger partial charge in [0.2, 0.25) is 0 Å². The minimum Gasteiger partial charge on any atom is -0.378 e. The molecule has 0 radical (unpaired) electrons. The van der Waals surface area contributed by atoms with Gasteiger partial charge in [0.05, 0.1) is 35.7 Å². The number of alkyl halides is 5. The van der Waals surface area contributed by atoms with E-state index in [1.165, 1.54) is 47.8 Å². The van der Waals surface area contributed by atoms with Crippen molar-refractivity contribution in [3.05, 3.63) is 95.6 Å². The number of nitrogens with zero attached hydrogens (tertiary/aromatic N) is 4. The van der Waals surface area contributed by atoms with E-state index in [2.05, 4.69) is 25.6 Å². The van der Waals surface area contributed by atoms with Crippen LogP contribution >= 0.6 is 0 Å². The monoisotopic (exact) mass is 502 g/mol. The number of carbonyl (C=O) groups excluding carboxylic acids is 1. The lowest BCUT2D eigenvalue weighted by atomic mass is 10.0. The number of carbonyl (C=O) groups is 1. The number of aromatic nitrogens is 4. The molecule has 0 saturated heterocycles. The zero-order valence-electron chi connectivity index (χ0n) is 18.7. The Kier molecular flexibility index (Phi) is 6.95. The van der Waals surface area contributed by atoms with Gasteiger partial charge in [-0.25, -0.2) is 23.7 Å². The van der Waals surface area contributed by atoms with Crippen molar-refractivity contribution < 1.29 is 26.7 Å². The third kappa shape index (κ3) is 5.82. The van der Waals surface area contributed by atoms with E-state index in [9.17, 15) is 26.7 Å². The highest BCUT2D eigenvalue weighted by molar-refractivity contribution is 6.04. The number of anilines is 2. The number of amides is 1. The van der Waals surface area contributed by atoms with Gasteiger partial charge in [0.25, 0.3) is 12.3 Å². The van der Waals surface area contributed by atoms with Crippen LogP contribution in [0.3, 0.4) is 0 Å². The first-order valence-electron chi connectivity index (χ1n) is 10.5. The standard InChI is InChI=1S/C24H19F5N6O/c1-14-11-35(13-33-14)20-6-17(24(27,28)29)5-18(7-20)34-23(36)15-2-3-21(22(25)26)16(4-15)8-32-19-9-30-12-31-10-19/h2-7,9-13,22,32H,8H2,1H3,(H,34,36). The zero-order chi connectivity index (χ0) is 25.9. The molecule has 12 heteroatoms. The molecule has 0 spiro atoms. The number of rotatable bonds is 7. The summed E-state index contributed by atoms with van der Waals surface area (Å²) in [5, 5.41) is 5.34. The molecule has 0 atom stereocenters. The molecule has 2 N–H and O–H groups in total. The number of halogens is 5. The third-order valence-electron chi connectivity index (χ3n) is 5.20. The van der Waals surface area contributed by atoms with Crippen molar-refractivity contribution >= 4 is 17.3 Å². The van der Waals surface area contributed by atoms with E-state index in [-0.39, 0.29) is 34.6 Å². The van der Waals surface area contributed by atoms with Crippen molar-refractivity contribution in [1.29, 1.82) is 0 Å². The molecule has 2 aromatic heterocycles. The van der Waals surface area contributed by atoms with Crippen LogP contribution in [0.5, 0.6) is 0 Å². The van der Waals surface area contributed by atoms with Gasteiger partial charge in [-0.3, -0.25) is 4.79 Å². The molecule has 0 aliphatic rings. The number of benzene rings is 2. The maximum Gasteiger partial charge on any atom is 0.416 e. The molecule has 2 aromatic carbocycles. The molecule has 4 aromatic rings. The number of imidazole rings is 1. The van der Waals surface area contributed by atoms with E-state index < -0.39 is 24.1 Å². The predicted molar refractivity (Wildman–Crippen MR) is 122 cm³/mol. The Morgan fingerprint density at radius 3 is 2.44 bits per heavy atom.